The van der Waals surface area contributed by atoms with E-state index in [0.29, 0.717) is 35.4 Å². The van der Waals surface area contributed by atoms with Gasteiger partial charge in [-0.15, -0.1) is 10.2 Å². The van der Waals surface area contributed by atoms with Gasteiger partial charge in [-0.2, -0.15) is 0 Å². The molecule has 2 fully saturated rings. The van der Waals surface area contributed by atoms with Crippen LogP contribution < -0.4 is 15.1 Å². The minimum absolute atomic E-state index is 0.0349. The van der Waals surface area contributed by atoms with Crippen LogP contribution >= 0.6 is 22.9 Å². The maximum Gasteiger partial charge on any atom is 0.229 e. The zero-order valence-electron chi connectivity index (χ0n) is 14.7. The molecule has 1 atom stereocenters. The van der Waals surface area contributed by atoms with E-state index in [1.54, 1.807) is 17.0 Å². The van der Waals surface area contributed by atoms with Crippen LogP contribution in [0.2, 0.25) is 5.02 Å². The second-order valence-corrected chi connectivity index (χ2v) is 8.11. The summed E-state index contributed by atoms with van der Waals surface area (Å²) in [6.45, 7) is 2.12. The summed E-state index contributed by atoms with van der Waals surface area (Å²) in [7, 11) is 0. The van der Waals surface area contributed by atoms with Crippen molar-refractivity contribution in [2.45, 2.75) is 25.7 Å². The number of amides is 2. The van der Waals surface area contributed by atoms with E-state index in [1.807, 2.05) is 12.1 Å². The molecule has 0 aliphatic carbocycles. The predicted molar refractivity (Wildman–Crippen MR) is 107 cm³/mol. The quantitative estimate of drug-likeness (QED) is 0.845. The number of rotatable bonds is 4. The van der Waals surface area contributed by atoms with Crippen molar-refractivity contribution in [3.05, 3.63) is 29.3 Å². The van der Waals surface area contributed by atoms with E-state index in [4.69, 9.17) is 11.6 Å². The van der Waals surface area contributed by atoms with Crippen molar-refractivity contribution in [3.8, 4) is 0 Å². The highest BCUT2D eigenvalue weighted by Crippen LogP contribution is 2.32. The lowest BCUT2D eigenvalue weighted by Gasteiger charge is -2.31. The number of carbonyl (C=O) groups is 2. The van der Waals surface area contributed by atoms with Crippen LogP contribution in [0.15, 0.2) is 24.3 Å². The van der Waals surface area contributed by atoms with Crippen LogP contribution in [0, 0.1) is 5.92 Å². The molecule has 142 valence electrons. The van der Waals surface area contributed by atoms with Gasteiger partial charge in [0.1, 0.15) is 0 Å². The highest BCUT2D eigenvalue weighted by molar-refractivity contribution is 7.19. The van der Waals surface area contributed by atoms with Gasteiger partial charge in [0.15, 0.2) is 0 Å². The minimum atomic E-state index is -0.143. The third-order valence-electron chi connectivity index (χ3n) is 4.90. The standard InChI is InChI=1S/C18H20ClN5O2S/c19-13-6-1-2-7-14(13)20-16(26)12-5-3-9-23(11-12)17-21-22-18(27-17)24-10-4-8-15(24)25/h1-2,6-7,12H,3-5,8-11H2,(H,20,26). The lowest BCUT2D eigenvalue weighted by Crippen LogP contribution is -2.40. The molecule has 0 radical (unpaired) electrons. The minimum Gasteiger partial charge on any atom is -0.346 e. The second-order valence-electron chi connectivity index (χ2n) is 6.77. The van der Waals surface area contributed by atoms with E-state index < -0.39 is 0 Å². The molecular formula is C18H20ClN5O2S. The highest BCUT2D eigenvalue weighted by Gasteiger charge is 2.30. The van der Waals surface area contributed by atoms with Gasteiger partial charge in [0.25, 0.3) is 0 Å². The molecule has 2 aliphatic heterocycles. The summed E-state index contributed by atoms with van der Waals surface area (Å²) in [5.74, 6) is -0.0728. The number of benzene rings is 1. The summed E-state index contributed by atoms with van der Waals surface area (Å²) in [5, 5.41) is 13.3. The van der Waals surface area contributed by atoms with Gasteiger partial charge in [-0.05, 0) is 31.4 Å². The van der Waals surface area contributed by atoms with Crippen LogP contribution in [0.5, 0.6) is 0 Å². The average molecular weight is 406 g/mol. The number of hydrogen-bond acceptors (Lipinski definition) is 6. The number of carbonyl (C=O) groups excluding carboxylic acids is 2. The maximum absolute atomic E-state index is 12.7. The van der Waals surface area contributed by atoms with E-state index >= 15 is 0 Å². The van der Waals surface area contributed by atoms with Gasteiger partial charge in [0.05, 0.1) is 16.6 Å². The fourth-order valence-electron chi connectivity index (χ4n) is 3.46. The number of aromatic nitrogens is 2. The summed E-state index contributed by atoms with van der Waals surface area (Å²) in [6.07, 6.45) is 3.16. The van der Waals surface area contributed by atoms with Crippen LogP contribution in [-0.2, 0) is 9.59 Å². The first kappa shape index (κ1) is 18.2. The number of nitrogens with zero attached hydrogens (tertiary/aromatic N) is 4. The van der Waals surface area contributed by atoms with E-state index in [0.717, 1.165) is 30.9 Å². The molecule has 0 bridgehead atoms. The van der Waals surface area contributed by atoms with Gasteiger partial charge in [-0.3, -0.25) is 14.5 Å². The molecule has 3 heterocycles. The fraction of sp³-hybridized carbons (Fsp3) is 0.444. The molecule has 0 spiro atoms. The molecule has 2 aliphatic rings. The Balaban J connectivity index is 1.42. The van der Waals surface area contributed by atoms with Gasteiger partial charge >= 0.3 is 0 Å². The molecule has 1 aromatic heterocycles. The zero-order chi connectivity index (χ0) is 18.8. The first-order valence-electron chi connectivity index (χ1n) is 9.06. The van der Waals surface area contributed by atoms with Gasteiger partial charge < -0.3 is 10.2 Å². The van der Waals surface area contributed by atoms with E-state index in [9.17, 15) is 9.59 Å². The fourth-order valence-corrected chi connectivity index (χ4v) is 4.57. The molecule has 9 heteroatoms. The van der Waals surface area contributed by atoms with Crippen molar-refractivity contribution >= 4 is 50.7 Å². The lowest BCUT2D eigenvalue weighted by atomic mass is 9.97. The number of para-hydroxylation sites is 1. The van der Waals surface area contributed by atoms with Crippen LogP contribution in [-0.4, -0.2) is 41.6 Å². The van der Waals surface area contributed by atoms with Crippen LogP contribution in [0.4, 0.5) is 16.0 Å². The summed E-state index contributed by atoms with van der Waals surface area (Å²) in [4.78, 5) is 28.3. The number of nitrogens with one attached hydrogen (secondary N) is 1. The molecule has 1 unspecified atom stereocenters. The predicted octanol–water partition coefficient (Wildman–Crippen LogP) is 3.17. The lowest BCUT2D eigenvalue weighted by molar-refractivity contribution is -0.120. The van der Waals surface area contributed by atoms with Gasteiger partial charge in [-0.1, -0.05) is 35.1 Å². The van der Waals surface area contributed by atoms with E-state index in [-0.39, 0.29) is 17.7 Å². The third kappa shape index (κ3) is 3.91. The molecule has 2 saturated heterocycles. The molecule has 27 heavy (non-hydrogen) atoms. The van der Waals surface area contributed by atoms with Crippen molar-refractivity contribution in [2.24, 2.45) is 5.92 Å². The van der Waals surface area contributed by atoms with Crippen molar-refractivity contribution in [2.75, 3.05) is 34.8 Å². The third-order valence-corrected chi connectivity index (χ3v) is 6.24. The molecule has 0 saturated carbocycles. The maximum atomic E-state index is 12.7. The smallest absolute Gasteiger partial charge is 0.229 e. The normalized spacial score (nSPS) is 20.2. The Kier molecular flexibility index (Phi) is 5.27. The first-order chi connectivity index (χ1) is 13.1. The van der Waals surface area contributed by atoms with Crippen LogP contribution in [0.25, 0.3) is 0 Å². The molecule has 7 nitrogen and oxygen atoms in total. The Morgan fingerprint density at radius 1 is 1.19 bits per heavy atom. The van der Waals surface area contributed by atoms with Crippen LogP contribution in [0.1, 0.15) is 25.7 Å². The average Bonchev–Trinajstić information content (AvgIpc) is 3.32. The number of anilines is 3. The van der Waals surface area contributed by atoms with E-state index in [2.05, 4.69) is 20.4 Å². The Morgan fingerprint density at radius 2 is 2.00 bits per heavy atom. The molecule has 1 aromatic carbocycles. The number of piperidine rings is 1. The monoisotopic (exact) mass is 405 g/mol. The van der Waals surface area contributed by atoms with Crippen molar-refractivity contribution in [1.29, 1.82) is 0 Å². The summed E-state index contributed by atoms with van der Waals surface area (Å²) < 4.78 is 0. The first-order valence-corrected chi connectivity index (χ1v) is 10.3. The van der Waals surface area contributed by atoms with Crippen molar-refractivity contribution in [3.63, 3.8) is 0 Å². The van der Waals surface area contributed by atoms with Crippen molar-refractivity contribution < 1.29 is 9.59 Å². The Bertz CT molecular complexity index is 858. The SMILES string of the molecule is O=C(Nc1ccccc1Cl)C1CCCN(c2nnc(N3CCCC3=O)s2)C1. The molecule has 2 amide bonds. The zero-order valence-corrected chi connectivity index (χ0v) is 16.3. The number of hydrogen-bond donors (Lipinski definition) is 1. The van der Waals surface area contributed by atoms with Gasteiger partial charge in [0.2, 0.25) is 22.1 Å². The van der Waals surface area contributed by atoms with E-state index in [1.165, 1.54) is 11.3 Å². The number of halogens is 1. The summed E-state index contributed by atoms with van der Waals surface area (Å²) in [6, 6.07) is 7.23. The summed E-state index contributed by atoms with van der Waals surface area (Å²) in [5.41, 5.74) is 0.632. The van der Waals surface area contributed by atoms with Gasteiger partial charge in [0, 0.05) is 26.1 Å². The molecule has 1 N–H and O–H groups in total. The largest absolute Gasteiger partial charge is 0.346 e. The molecular weight excluding hydrogens is 386 g/mol. The summed E-state index contributed by atoms with van der Waals surface area (Å²) >= 11 is 7.55. The van der Waals surface area contributed by atoms with Crippen LogP contribution in [0.3, 0.4) is 0 Å². The Labute approximate surface area is 166 Å². The molecule has 4 rings (SSSR count). The second kappa shape index (κ2) is 7.82. The molecule has 2 aromatic rings. The highest BCUT2D eigenvalue weighted by atomic mass is 35.5. The Hall–Kier alpha value is -2.19. The van der Waals surface area contributed by atoms with Crippen molar-refractivity contribution in [1.82, 2.24) is 10.2 Å². The Morgan fingerprint density at radius 3 is 2.78 bits per heavy atom. The topological polar surface area (TPSA) is 78.4 Å². The van der Waals surface area contributed by atoms with Gasteiger partial charge in [-0.25, -0.2) is 0 Å².